The van der Waals surface area contributed by atoms with Gasteiger partial charge in [-0.05, 0) is 13.8 Å². The van der Waals surface area contributed by atoms with E-state index in [-0.39, 0.29) is 11.3 Å². The van der Waals surface area contributed by atoms with Gasteiger partial charge in [-0.15, -0.1) is 0 Å². The molecular weight excluding hydrogens is 162 g/mol. The molecule has 0 atom stereocenters. The molecule has 0 saturated carbocycles. The van der Waals surface area contributed by atoms with Gasteiger partial charge in [-0.25, -0.2) is 8.78 Å². The second-order valence-electron chi connectivity index (χ2n) is 2.44. The molecule has 0 N–H and O–H groups in total. The lowest BCUT2D eigenvalue weighted by atomic mass is 10.2. The topological polar surface area (TPSA) is 9.23 Å². The normalized spacial score (nSPS) is 10.0. The molecule has 0 aliphatic carbocycles. The van der Waals surface area contributed by atoms with Crippen molar-refractivity contribution < 1.29 is 13.5 Å². The van der Waals surface area contributed by atoms with Crippen molar-refractivity contribution >= 4 is 0 Å². The van der Waals surface area contributed by atoms with Crippen LogP contribution >= 0.6 is 0 Å². The molecule has 0 fully saturated rings. The number of rotatable bonds is 2. The van der Waals surface area contributed by atoms with Crippen LogP contribution in [0, 0.1) is 18.6 Å². The lowest BCUT2D eigenvalue weighted by molar-refractivity contribution is 0.335. The fourth-order valence-electron chi connectivity index (χ4n) is 0.872. The molecule has 1 nitrogen and oxygen atoms in total. The SMILES string of the molecule is CCOc1cc(F)c(C)c(F)c1. The zero-order chi connectivity index (χ0) is 9.14. The molecule has 1 aromatic carbocycles. The summed E-state index contributed by atoms with van der Waals surface area (Å²) in [5.74, 6) is -0.907. The first kappa shape index (κ1) is 8.97. The zero-order valence-corrected chi connectivity index (χ0v) is 7.03. The molecule has 66 valence electrons. The molecule has 12 heavy (non-hydrogen) atoms. The van der Waals surface area contributed by atoms with Crippen molar-refractivity contribution in [2.75, 3.05) is 6.61 Å². The van der Waals surface area contributed by atoms with Crippen molar-refractivity contribution in [1.82, 2.24) is 0 Å². The lowest BCUT2D eigenvalue weighted by Crippen LogP contribution is -1.95. The monoisotopic (exact) mass is 172 g/mol. The highest BCUT2D eigenvalue weighted by atomic mass is 19.1. The Morgan fingerprint density at radius 3 is 2.17 bits per heavy atom. The van der Waals surface area contributed by atoms with Crippen molar-refractivity contribution in [3.63, 3.8) is 0 Å². The maximum absolute atomic E-state index is 12.8. The van der Waals surface area contributed by atoms with E-state index in [9.17, 15) is 8.78 Å². The Kier molecular flexibility index (Phi) is 2.63. The van der Waals surface area contributed by atoms with Gasteiger partial charge in [-0.2, -0.15) is 0 Å². The molecule has 1 rings (SSSR count). The fraction of sp³-hybridized carbons (Fsp3) is 0.333. The average molecular weight is 172 g/mol. The summed E-state index contributed by atoms with van der Waals surface area (Å²) >= 11 is 0. The standard InChI is InChI=1S/C9H10F2O/c1-3-12-7-4-8(10)6(2)9(11)5-7/h4-5H,3H2,1-2H3. The maximum atomic E-state index is 12.8. The van der Waals surface area contributed by atoms with Crippen LogP contribution in [0.4, 0.5) is 8.78 Å². The van der Waals surface area contributed by atoms with E-state index in [0.717, 1.165) is 0 Å². The van der Waals surface area contributed by atoms with Crippen molar-refractivity contribution in [2.45, 2.75) is 13.8 Å². The Morgan fingerprint density at radius 2 is 1.75 bits per heavy atom. The molecule has 0 spiro atoms. The predicted molar refractivity (Wildman–Crippen MR) is 42.3 cm³/mol. The number of hydrogen-bond acceptors (Lipinski definition) is 1. The molecule has 0 aliphatic heterocycles. The van der Waals surface area contributed by atoms with E-state index in [1.807, 2.05) is 0 Å². The minimum absolute atomic E-state index is 0.0263. The Morgan fingerprint density at radius 1 is 1.25 bits per heavy atom. The molecule has 0 radical (unpaired) electrons. The van der Waals surface area contributed by atoms with Gasteiger partial charge in [-0.1, -0.05) is 0 Å². The van der Waals surface area contributed by atoms with E-state index >= 15 is 0 Å². The summed E-state index contributed by atoms with van der Waals surface area (Å²) < 4.78 is 30.6. The van der Waals surface area contributed by atoms with E-state index in [1.54, 1.807) is 6.92 Å². The smallest absolute Gasteiger partial charge is 0.132 e. The van der Waals surface area contributed by atoms with Crippen LogP contribution in [0.25, 0.3) is 0 Å². The average Bonchev–Trinajstić information content (AvgIpc) is 2.01. The van der Waals surface area contributed by atoms with Crippen LogP contribution in [-0.4, -0.2) is 6.61 Å². The van der Waals surface area contributed by atoms with Crippen molar-refractivity contribution in [3.8, 4) is 5.75 Å². The molecule has 0 saturated heterocycles. The second kappa shape index (κ2) is 3.52. The molecule has 0 unspecified atom stereocenters. The highest BCUT2D eigenvalue weighted by Crippen LogP contribution is 2.19. The molecule has 0 aliphatic rings. The number of hydrogen-bond donors (Lipinski definition) is 0. The Hall–Kier alpha value is -1.12. The van der Waals surface area contributed by atoms with E-state index in [0.29, 0.717) is 6.61 Å². The van der Waals surface area contributed by atoms with Gasteiger partial charge in [0.15, 0.2) is 0 Å². The largest absolute Gasteiger partial charge is 0.494 e. The maximum Gasteiger partial charge on any atom is 0.132 e. The van der Waals surface area contributed by atoms with Gasteiger partial charge in [0.1, 0.15) is 17.4 Å². The molecule has 0 bridgehead atoms. The first-order valence-electron chi connectivity index (χ1n) is 3.73. The van der Waals surface area contributed by atoms with Crippen molar-refractivity contribution in [2.24, 2.45) is 0 Å². The van der Waals surface area contributed by atoms with Gasteiger partial charge in [0.25, 0.3) is 0 Å². The quantitative estimate of drug-likeness (QED) is 0.666. The third-order valence-corrected chi connectivity index (χ3v) is 1.57. The van der Waals surface area contributed by atoms with E-state index in [1.165, 1.54) is 19.1 Å². The molecule has 0 aromatic heterocycles. The molecule has 0 heterocycles. The van der Waals surface area contributed by atoms with E-state index in [2.05, 4.69) is 0 Å². The van der Waals surface area contributed by atoms with Gasteiger partial charge < -0.3 is 4.74 Å². The molecule has 3 heteroatoms. The highest BCUT2D eigenvalue weighted by molar-refractivity contribution is 5.29. The first-order chi connectivity index (χ1) is 5.65. The van der Waals surface area contributed by atoms with Crippen LogP contribution in [-0.2, 0) is 0 Å². The van der Waals surface area contributed by atoms with Crippen LogP contribution in [0.3, 0.4) is 0 Å². The van der Waals surface area contributed by atoms with Crippen LogP contribution in [0.5, 0.6) is 5.75 Å². The number of ether oxygens (including phenoxy) is 1. The summed E-state index contributed by atoms with van der Waals surface area (Å²) in [6.45, 7) is 3.55. The van der Waals surface area contributed by atoms with Gasteiger partial charge in [-0.3, -0.25) is 0 Å². The Balaban J connectivity index is 3.04. The van der Waals surface area contributed by atoms with Crippen LogP contribution in [0.2, 0.25) is 0 Å². The first-order valence-corrected chi connectivity index (χ1v) is 3.73. The number of benzene rings is 1. The summed E-state index contributed by atoms with van der Waals surface area (Å²) in [6.07, 6.45) is 0. The third-order valence-electron chi connectivity index (χ3n) is 1.57. The fourth-order valence-corrected chi connectivity index (χ4v) is 0.872. The zero-order valence-electron chi connectivity index (χ0n) is 7.03. The van der Waals surface area contributed by atoms with E-state index in [4.69, 9.17) is 4.74 Å². The van der Waals surface area contributed by atoms with Gasteiger partial charge >= 0.3 is 0 Å². The summed E-state index contributed by atoms with van der Waals surface area (Å²) in [7, 11) is 0. The summed E-state index contributed by atoms with van der Waals surface area (Å²) in [5.41, 5.74) is 0.0263. The van der Waals surface area contributed by atoms with Gasteiger partial charge in [0, 0.05) is 17.7 Å². The molecule has 1 aromatic rings. The van der Waals surface area contributed by atoms with Crippen LogP contribution in [0.1, 0.15) is 12.5 Å². The predicted octanol–water partition coefficient (Wildman–Crippen LogP) is 2.67. The van der Waals surface area contributed by atoms with Crippen LogP contribution < -0.4 is 4.74 Å². The summed E-state index contributed by atoms with van der Waals surface area (Å²) in [5, 5.41) is 0. The molecule has 0 amide bonds. The minimum Gasteiger partial charge on any atom is -0.494 e. The molecular formula is C9H10F2O. The summed E-state index contributed by atoms with van der Waals surface area (Å²) in [4.78, 5) is 0. The Labute approximate surface area is 70.0 Å². The van der Waals surface area contributed by atoms with Crippen LogP contribution in [0.15, 0.2) is 12.1 Å². The van der Waals surface area contributed by atoms with Gasteiger partial charge in [0.2, 0.25) is 0 Å². The minimum atomic E-state index is -0.571. The second-order valence-corrected chi connectivity index (χ2v) is 2.44. The van der Waals surface area contributed by atoms with Crippen molar-refractivity contribution in [1.29, 1.82) is 0 Å². The summed E-state index contributed by atoms with van der Waals surface area (Å²) in [6, 6.07) is 2.36. The van der Waals surface area contributed by atoms with Gasteiger partial charge in [0.05, 0.1) is 6.61 Å². The van der Waals surface area contributed by atoms with E-state index < -0.39 is 11.6 Å². The Bertz CT molecular complexity index is 261. The lowest BCUT2D eigenvalue weighted by Gasteiger charge is -2.04. The highest BCUT2D eigenvalue weighted by Gasteiger charge is 2.06. The third kappa shape index (κ3) is 1.72. The number of halogens is 2. The van der Waals surface area contributed by atoms with Crippen molar-refractivity contribution in [3.05, 3.63) is 29.3 Å².